The van der Waals surface area contributed by atoms with Gasteiger partial charge in [-0.25, -0.2) is 0 Å². The molecule has 0 aromatic heterocycles. The van der Waals surface area contributed by atoms with Gasteiger partial charge in [0.15, 0.2) is 11.5 Å². The van der Waals surface area contributed by atoms with Gasteiger partial charge in [-0.1, -0.05) is 29.3 Å². The van der Waals surface area contributed by atoms with Crippen molar-refractivity contribution in [1.82, 2.24) is 4.90 Å². The molecule has 8 heteroatoms. The van der Waals surface area contributed by atoms with E-state index < -0.39 is 0 Å². The number of carbonyl (C=O) groups is 1. The Kier molecular flexibility index (Phi) is 7.69. The second-order valence-corrected chi connectivity index (χ2v) is 7.81. The third-order valence-corrected chi connectivity index (χ3v) is 5.61. The van der Waals surface area contributed by atoms with Crippen LogP contribution in [-0.2, 0) is 11.3 Å². The smallest absolute Gasteiger partial charge is 0.254 e. The largest absolute Gasteiger partial charge is 0.493 e. The number of nitrogens with zero attached hydrogens (tertiary/aromatic N) is 1. The van der Waals surface area contributed by atoms with Gasteiger partial charge in [0, 0.05) is 35.3 Å². The summed E-state index contributed by atoms with van der Waals surface area (Å²) in [5.41, 5.74) is 1.23. The molecule has 1 fully saturated rings. The Morgan fingerprint density at radius 1 is 1.10 bits per heavy atom. The first-order chi connectivity index (χ1) is 14.5. The lowest BCUT2D eigenvalue weighted by atomic mass is 10.1. The highest BCUT2D eigenvalue weighted by Crippen LogP contribution is 2.38. The molecule has 0 saturated carbocycles. The Balaban J connectivity index is 1.94. The lowest BCUT2D eigenvalue weighted by molar-refractivity contribution is 0.0507. The van der Waals surface area contributed by atoms with Crippen molar-refractivity contribution in [2.75, 3.05) is 34.5 Å². The summed E-state index contributed by atoms with van der Waals surface area (Å²) in [5.74, 6) is 1.09. The Hall–Kier alpha value is -2.15. The zero-order chi connectivity index (χ0) is 21.7. The molecular formula is C22H25Cl2NO5. The Bertz CT molecular complexity index is 874. The first-order valence-corrected chi connectivity index (χ1v) is 10.4. The zero-order valence-electron chi connectivity index (χ0n) is 17.2. The molecule has 2 aromatic rings. The highest BCUT2D eigenvalue weighted by Gasteiger charge is 2.26. The number of methoxy groups -OCH3 is 3. The summed E-state index contributed by atoms with van der Waals surface area (Å²) < 4.78 is 21.9. The lowest BCUT2D eigenvalue weighted by Crippen LogP contribution is -2.37. The van der Waals surface area contributed by atoms with Gasteiger partial charge < -0.3 is 23.8 Å². The van der Waals surface area contributed by atoms with Gasteiger partial charge in [0.1, 0.15) is 0 Å². The second kappa shape index (κ2) is 10.2. The summed E-state index contributed by atoms with van der Waals surface area (Å²) >= 11 is 12.4. The molecular weight excluding hydrogens is 429 g/mol. The van der Waals surface area contributed by atoms with Gasteiger partial charge >= 0.3 is 0 Å². The van der Waals surface area contributed by atoms with Crippen LogP contribution in [0.5, 0.6) is 17.2 Å². The number of benzene rings is 2. The van der Waals surface area contributed by atoms with Crippen LogP contribution in [0.1, 0.15) is 28.8 Å². The molecule has 0 N–H and O–H groups in total. The number of amides is 1. The molecule has 0 aliphatic carbocycles. The van der Waals surface area contributed by atoms with Crippen LogP contribution in [0.15, 0.2) is 30.3 Å². The van der Waals surface area contributed by atoms with Crippen molar-refractivity contribution in [3.05, 3.63) is 51.5 Å². The highest BCUT2D eigenvalue weighted by atomic mass is 35.5. The van der Waals surface area contributed by atoms with Gasteiger partial charge in [0.05, 0.1) is 27.4 Å². The van der Waals surface area contributed by atoms with E-state index in [0.29, 0.717) is 52.6 Å². The summed E-state index contributed by atoms with van der Waals surface area (Å²) in [6.45, 7) is 1.48. The van der Waals surface area contributed by atoms with E-state index in [1.54, 1.807) is 29.2 Å². The molecule has 3 rings (SSSR count). The van der Waals surface area contributed by atoms with Crippen molar-refractivity contribution < 1.29 is 23.7 Å². The van der Waals surface area contributed by atoms with Crippen molar-refractivity contribution in [1.29, 1.82) is 0 Å². The molecule has 1 atom stereocenters. The van der Waals surface area contributed by atoms with Crippen LogP contribution in [0, 0.1) is 0 Å². The van der Waals surface area contributed by atoms with Crippen molar-refractivity contribution in [3.8, 4) is 17.2 Å². The minimum Gasteiger partial charge on any atom is -0.493 e. The molecule has 1 heterocycles. The van der Waals surface area contributed by atoms with E-state index in [4.69, 9.17) is 42.1 Å². The summed E-state index contributed by atoms with van der Waals surface area (Å²) in [4.78, 5) is 15.2. The molecule has 1 saturated heterocycles. The number of hydrogen-bond donors (Lipinski definition) is 0. The van der Waals surface area contributed by atoms with E-state index >= 15 is 0 Å². The quantitative estimate of drug-likeness (QED) is 0.572. The van der Waals surface area contributed by atoms with E-state index in [-0.39, 0.29) is 12.0 Å². The van der Waals surface area contributed by atoms with E-state index in [2.05, 4.69) is 0 Å². The second-order valence-electron chi connectivity index (χ2n) is 6.97. The fraction of sp³-hybridized carbons (Fsp3) is 0.409. The van der Waals surface area contributed by atoms with Gasteiger partial charge in [-0.2, -0.15) is 0 Å². The monoisotopic (exact) mass is 453 g/mol. The molecule has 162 valence electrons. The normalized spacial score (nSPS) is 15.7. The molecule has 0 unspecified atom stereocenters. The number of ether oxygens (including phenoxy) is 4. The molecule has 0 spiro atoms. The minimum absolute atomic E-state index is 0.0120. The average Bonchev–Trinajstić information content (AvgIpc) is 3.26. The standard InChI is InChI=1S/C22H25Cl2NO5/c1-27-19-9-15(10-20(28-2)21(19)29-3)22(26)25(13-17-5-4-8-30-17)12-14-6-7-16(23)11-18(14)24/h6-7,9-11,17H,4-5,8,12-13H2,1-3H3/t17-/m0/s1. The van der Waals surface area contributed by atoms with Crippen LogP contribution in [0.25, 0.3) is 0 Å². The molecule has 6 nitrogen and oxygen atoms in total. The number of halogens is 2. The maximum atomic E-state index is 13.5. The SMILES string of the molecule is COc1cc(C(=O)N(Cc2ccc(Cl)cc2Cl)C[C@@H]2CCCO2)cc(OC)c1OC. The Morgan fingerprint density at radius 3 is 2.33 bits per heavy atom. The van der Waals surface area contributed by atoms with Gasteiger partial charge in [0.2, 0.25) is 5.75 Å². The Morgan fingerprint density at radius 2 is 1.80 bits per heavy atom. The fourth-order valence-electron chi connectivity index (χ4n) is 3.50. The lowest BCUT2D eigenvalue weighted by Gasteiger charge is -2.27. The molecule has 0 radical (unpaired) electrons. The molecule has 1 aliphatic heterocycles. The molecule has 2 aromatic carbocycles. The van der Waals surface area contributed by atoms with Gasteiger partial charge in [0.25, 0.3) is 5.91 Å². The van der Waals surface area contributed by atoms with Crippen LogP contribution in [0.3, 0.4) is 0 Å². The van der Waals surface area contributed by atoms with E-state index in [9.17, 15) is 4.79 Å². The number of hydrogen-bond acceptors (Lipinski definition) is 5. The van der Waals surface area contributed by atoms with Crippen molar-refractivity contribution in [2.45, 2.75) is 25.5 Å². The van der Waals surface area contributed by atoms with E-state index in [1.807, 2.05) is 6.07 Å². The van der Waals surface area contributed by atoms with E-state index in [1.165, 1.54) is 21.3 Å². The summed E-state index contributed by atoms with van der Waals surface area (Å²) in [5, 5.41) is 1.06. The summed E-state index contributed by atoms with van der Waals surface area (Å²) in [7, 11) is 4.56. The van der Waals surface area contributed by atoms with Gasteiger partial charge in [-0.05, 0) is 42.7 Å². The van der Waals surface area contributed by atoms with Crippen molar-refractivity contribution in [2.24, 2.45) is 0 Å². The fourth-order valence-corrected chi connectivity index (χ4v) is 3.96. The topological polar surface area (TPSA) is 57.2 Å². The highest BCUT2D eigenvalue weighted by molar-refractivity contribution is 6.35. The summed E-state index contributed by atoms with van der Waals surface area (Å²) in [6.07, 6.45) is 1.88. The third kappa shape index (κ3) is 5.12. The van der Waals surface area contributed by atoms with Crippen LogP contribution < -0.4 is 14.2 Å². The molecule has 1 aliphatic rings. The predicted octanol–water partition coefficient (Wildman–Crippen LogP) is 4.84. The van der Waals surface area contributed by atoms with Crippen molar-refractivity contribution >= 4 is 29.1 Å². The van der Waals surface area contributed by atoms with Crippen LogP contribution >= 0.6 is 23.2 Å². The third-order valence-electron chi connectivity index (χ3n) is 5.02. The van der Waals surface area contributed by atoms with Crippen LogP contribution in [0.4, 0.5) is 0 Å². The summed E-state index contributed by atoms with van der Waals surface area (Å²) in [6, 6.07) is 8.56. The Labute approximate surface area is 186 Å². The van der Waals surface area contributed by atoms with Crippen LogP contribution in [-0.4, -0.2) is 51.4 Å². The first-order valence-electron chi connectivity index (χ1n) is 9.61. The van der Waals surface area contributed by atoms with Gasteiger partial charge in [-0.15, -0.1) is 0 Å². The maximum absolute atomic E-state index is 13.5. The van der Waals surface area contributed by atoms with Gasteiger partial charge in [-0.3, -0.25) is 4.79 Å². The minimum atomic E-state index is -0.184. The van der Waals surface area contributed by atoms with E-state index in [0.717, 1.165) is 18.4 Å². The molecule has 30 heavy (non-hydrogen) atoms. The molecule has 0 bridgehead atoms. The van der Waals surface area contributed by atoms with Crippen molar-refractivity contribution in [3.63, 3.8) is 0 Å². The first kappa shape index (κ1) is 22.5. The predicted molar refractivity (Wildman–Crippen MR) is 116 cm³/mol. The zero-order valence-corrected chi connectivity index (χ0v) is 18.8. The molecule has 1 amide bonds. The number of rotatable bonds is 8. The maximum Gasteiger partial charge on any atom is 0.254 e. The van der Waals surface area contributed by atoms with Crippen LogP contribution in [0.2, 0.25) is 10.0 Å². The number of carbonyl (C=O) groups excluding carboxylic acids is 1. The average molecular weight is 454 g/mol.